The summed E-state index contributed by atoms with van der Waals surface area (Å²) in [6.45, 7) is 5.66. The van der Waals surface area contributed by atoms with Crippen molar-refractivity contribution < 1.29 is 9.18 Å². The first-order valence-electron chi connectivity index (χ1n) is 8.94. The lowest BCUT2D eigenvalue weighted by Gasteiger charge is -2.09. The number of carbonyl (C=O) groups excluding carboxylic acids is 1. The van der Waals surface area contributed by atoms with Gasteiger partial charge in [-0.3, -0.25) is 4.79 Å². The number of nitrogens with one attached hydrogen (secondary N) is 1. The van der Waals surface area contributed by atoms with Gasteiger partial charge in [-0.25, -0.2) is 4.39 Å². The van der Waals surface area contributed by atoms with Gasteiger partial charge in [0, 0.05) is 27.8 Å². The van der Waals surface area contributed by atoms with Gasteiger partial charge in [-0.1, -0.05) is 17.7 Å². The van der Waals surface area contributed by atoms with E-state index < -0.39 is 5.91 Å². The van der Waals surface area contributed by atoms with E-state index >= 15 is 0 Å². The van der Waals surface area contributed by atoms with Crippen LogP contribution in [0.5, 0.6) is 0 Å². The van der Waals surface area contributed by atoms with Crippen LogP contribution in [0.4, 0.5) is 10.1 Å². The zero-order chi connectivity index (χ0) is 21.1. The Morgan fingerprint density at radius 1 is 1.14 bits per heavy atom. The van der Waals surface area contributed by atoms with Crippen LogP contribution in [0.25, 0.3) is 11.8 Å². The number of nitrogens with zero attached hydrogens (tertiary/aromatic N) is 2. The Labute approximate surface area is 173 Å². The van der Waals surface area contributed by atoms with E-state index in [9.17, 15) is 14.4 Å². The zero-order valence-electron chi connectivity index (χ0n) is 16.3. The fourth-order valence-electron chi connectivity index (χ4n) is 3.09. The van der Waals surface area contributed by atoms with Crippen molar-refractivity contribution in [3.05, 3.63) is 87.5 Å². The number of anilines is 1. The van der Waals surface area contributed by atoms with Crippen LogP contribution in [-0.2, 0) is 4.79 Å². The van der Waals surface area contributed by atoms with Gasteiger partial charge >= 0.3 is 0 Å². The molecule has 0 spiro atoms. The minimum absolute atomic E-state index is 0.0268. The summed E-state index contributed by atoms with van der Waals surface area (Å²) in [5.74, 6) is -0.824. The van der Waals surface area contributed by atoms with Crippen molar-refractivity contribution in [2.45, 2.75) is 20.8 Å². The molecule has 2 aromatic carbocycles. The Kier molecular flexibility index (Phi) is 5.86. The molecule has 0 aliphatic rings. The number of aromatic nitrogens is 1. The SMILES string of the molecule is Cc1ccc(NC(=O)C(C#N)=Cc2cc(C)n(-c3ccc(F)cc3)c2C)cc1Cl. The van der Waals surface area contributed by atoms with Crippen LogP contribution in [0, 0.1) is 37.9 Å². The van der Waals surface area contributed by atoms with Crippen molar-refractivity contribution in [2.75, 3.05) is 5.32 Å². The van der Waals surface area contributed by atoms with E-state index in [2.05, 4.69) is 5.32 Å². The minimum atomic E-state index is -0.515. The summed E-state index contributed by atoms with van der Waals surface area (Å²) in [4.78, 5) is 12.6. The summed E-state index contributed by atoms with van der Waals surface area (Å²) in [6, 6.07) is 15.2. The van der Waals surface area contributed by atoms with Crippen LogP contribution in [0.2, 0.25) is 5.02 Å². The van der Waals surface area contributed by atoms with Crippen LogP contribution >= 0.6 is 11.6 Å². The number of nitriles is 1. The smallest absolute Gasteiger partial charge is 0.266 e. The molecule has 4 nitrogen and oxygen atoms in total. The first-order chi connectivity index (χ1) is 13.8. The molecule has 3 aromatic rings. The molecule has 0 bridgehead atoms. The second-order valence-corrected chi connectivity index (χ2v) is 7.13. The average Bonchev–Trinajstić information content (AvgIpc) is 2.96. The second kappa shape index (κ2) is 8.34. The highest BCUT2D eigenvalue weighted by Crippen LogP contribution is 2.24. The van der Waals surface area contributed by atoms with Gasteiger partial charge in [0.2, 0.25) is 0 Å². The number of hydrogen-bond donors (Lipinski definition) is 1. The molecule has 0 saturated carbocycles. The average molecular weight is 408 g/mol. The van der Waals surface area contributed by atoms with E-state index in [0.29, 0.717) is 10.7 Å². The largest absolute Gasteiger partial charge is 0.321 e. The van der Waals surface area contributed by atoms with Crippen molar-refractivity contribution in [3.63, 3.8) is 0 Å². The fraction of sp³-hybridized carbons (Fsp3) is 0.130. The van der Waals surface area contributed by atoms with E-state index in [0.717, 1.165) is 28.2 Å². The van der Waals surface area contributed by atoms with Gasteiger partial charge in [0.15, 0.2) is 0 Å². The van der Waals surface area contributed by atoms with Gasteiger partial charge in [0.25, 0.3) is 5.91 Å². The van der Waals surface area contributed by atoms with Crippen molar-refractivity contribution in [3.8, 4) is 11.8 Å². The lowest BCUT2D eigenvalue weighted by Crippen LogP contribution is -2.13. The number of aryl methyl sites for hydroxylation is 2. The van der Waals surface area contributed by atoms with Gasteiger partial charge in [-0.2, -0.15) is 5.26 Å². The van der Waals surface area contributed by atoms with Crippen molar-refractivity contribution in [2.24, 2.45) is 0 Å². The topological polar surface area (TPSA) is 57.8 Å². The fourth-order valence-corrected chi connectivity index (χ4v) is 3.27. The normalized spacial score (nSPS) is 11.2. The van der Waals surface area contributed by atoms with Crippen molar-refractivity contribution >= 4 is 29.3 Å². The highest BCUT2D eigenvalue weighted by molar-refractivity contribution is 6.31. The van der Waals surface area contributed by atoms with Gasteiger partial charge in [0.05, 0.1) is 0 Å². The number of carbonyl (C=O) groups is 1. The maximum absolute atomic E-state index is 13.2. The first-order valence-corrected chi connectivity index (χ1v) is 9.32. The van der Waals surface area contributed by atoms with Crippen molar-refractivity contribution in [1.82, 2.24) is 4.57 Å². The Balaban J connectivity index is 1.92. The quantitative estimate of drug-likeness (QED) is 0.442. The summed E-state index contributed by atoms with van der Waals surface area (Å²) in [6.07, 6.45) is 1.55. The molecule has 0 fully saturated rings. The van der Waals surface area contributed by atoms with E-state index in [1.54, 1.807) is 36.4 Å². The zero-order valence-corrected chi connectivity index (χ0v) is 17.0. The summed E-state index contributed by atoms with van der Waals surface area (Å²) >= 11 is 6.09. The van der Waals surface area contributed by atoms with E-state index in [-0.39, 0.29) is 11.4 Å². The molecule has 1 aromatic heterocycles. The summed E-state index contributed by atoms with van der Waals surface area (Å²) in [7, 11) is 0. The predicted molar refractivity (Wildman–Crippen MR) is 114 cm³/mol. The molecule has 3 rings (SSSR count). The third-order valence-electron chi connectivity index (χ3n) is 4.65. The monoisotopic (exact) mass is 407 g/mol. The molecule has 1 amide bonds. The van der Waals surface area contributed by atoms with Crippen LogP contribution < -0.4 is 5.32 Å². The van der Waals surface area contributed by atoms with Crippen LogP contribution in [0.15, 0.2) is 54.1 Å². The summed E-state index contributed by atoms with van der Waals surface area (Å²) < 4.78 is 15.2. The molecule has 29 heavy (non-hydrogen) atoms. The third kappa shape index (κ3) is 4.39. The molecule has 1 heterocycles. The van der Waals surface area contributed by atoms with Crippen LogP contribution in [0.1, 0.15) is 22.5 Å². The molecule has 146 valence electrons. The molecular formula is C23H19ClFN3O. The molecule has 0 aliphatic carbocycles. The second-order valence-electron chi connectivity index (χ2n) is 6.73. The summed E-state index contributed by atoms with van der Waals surface area (Å²) in [5.41, 5.74) is 4.67. The van der Waals surface area contributed by atoms with Gasteiger partial charge in [-0.05, 0) is 80.4 Å². The van der Waals surface area contributed by atoms with Crippen molar-refractivity contribution in [1.29, 1.82) is 5.26 Å². The van der Waals surface area contributed by atoms with Gasteiger partial charge in [-0.15, -0.1) is 0 Å². The Morgan fingerprint density at radius 3 is 2.45 bits per heavy atom. The standard InChI is InChI=1S/C23H19ClFN3O/c1-14-4-7-20(12-22(14)24)27-23(29)18(13-26)11-17-10-15(2)28(16(17)3)21-8-5-19(25)6-9-21/h4-12H,1-3H3,(H,27,29). The first kappa shape index (κ1) is 20.4. The number of hydrogen-bond acceptors (Lipinski definition) is 2. The molecule has 1 N–H and O–H groups in total. The lowest BCUT2D eigenvalue weighted by atomic mass is 10.1. The number of halogens is 2. The van der Waals surface area contributed by atoms with Gasteiger partial charge in [0.1, 0.15) is 17.5 Å². The van der Waals surface area contributed by atoms with Crippen LogP contribution in [0.3, 0.4) is 0 Å². The number of rotatable bonds is 4. The number of amides is 1. The highest BCUT2D eigenvalue weighted by atomic mass is 35.5. The molecule has 0 aliphatic heterocycles. The maximum atomic E-state index is 13.2. The number of benzene rings is 2. The molecule has 0 radical (unpaired) electrons. The van der Waals surface area contributed by atoms with E-state index in [1.807, 2.05) is 37.5 Å². The third-order valence-corrected chi connectivity index (χ3v) is 5.06. The van der Waals surface area contributed by atoms with Gasteiger partial charge < -0.3 is 9.88 Å². The molecular weight excluding hydrogens is 389 g/mol. The summed E-state index contributed by atoms with van der Waals surface area (Å²) in [5, 5.41) is 12.7. The Bertz CT molecular complexity index is 1150. The maximum Gasteiger partial charge on any atom is 0.266 e. The van der Waals surface area contributed by atoms with E-state index in [4.69, 9.17) is 11.6 Å². The molecule has 6 heteroatoms. The molecule has 0 saturated heterocycles. The highest BCUT2D eigenvalue weighted by Gasteiger charge is 2.14. The van der Waals surface area contributed by atoms with Crippen LogP contribution in [-0.4, -0.2) is 10.5 Å². The predicted octanol–water partition coefficient (Wildman–Crippen LogP) is 5.74. The molecule has 0 unspecified atom stereocenters. The lowest BCUT2D eigenvalue weighted by molar-refractivity contribution is -0.112. The Morgan fingerprint density at radius 2 is 1.83 bits per heavy atom. The Hall–Kier alpha value is -3.36. The molecule has 0 atom stereocenters. The minimum Gasteiger partial charge on any atom is -0.321 e. The van der Waals surface area contributed by atoms with E-state index in [1.165, 1.54) is 12.1 Å².